The third-order valence-electron chi connectivity index (χ3n) is 4.61. The summed E-state index contributed by atoms with van der Waals surface area (Å²) < 4.78 is 18.4. The van der Waals surface area contributed by atoms with E-state index in [0.717, 1.165) is 0 Å². The molecule has 1 saturated heterocycles. The minimum atomic E-state index is -0.698. The van der Waals surface area contributed by atoms with Crippen molar-refractivity contribution >= 4 is 29.3 Å². The van der Waals surface area contributed by atoms with Gasteiger partial charge in [0.15, 0.2) is 0 Å². The highest BCUT2D eigenvalue weighted by atomic mass is 19.1. The smallest absolute Gasteiger partial charge is 0.308 e. The summed E-state index contributed by atoms with van der Waals surface area (Å²) in [6.45, 7) is 0. The molecule has 2 aromatic carbocycles. The van der Waals surface area contributed by atoms with Crippen LogP contribution in [-0.4, -0.2) is 29.7 Å². The van der Waals surface area contributed by atoms with Gasteiger partial charge in [-0.25, -0.2) is 4.39 Å². The maximum atomic E-state index is 13.1. The molecule has 0 spiro atoms. The van der Waals surface area contributed by atoms with Crippen LogP contribution in [0.3, 0.4) is 0 Å². The molecule has 2 amide bonds. The normalized spacial score (nSPS) is 17.8. The Morgan fingerprint density at radius 2 is 1.70 bits per heavy atom. The number of esters is 1. The lowest BCUT2D eigenvalue weighted by molar-refractivity contribution is -0.141. The quantitative estimate of drug-likeness (QED) is 0.313. The van der Waals surface area contributed by atoms with Gasteiger partial charge in [0, 0.05) is 24.1 Å². The first-order valence-electron chi connectivity index (χ1n) is 9.30. The zero-order chi connectivity index (χ0) is 21.7. The molecule has 156 valence electrons. The number of rotatable bonds is 7. The van der Waals surface area contributed by atoms with Gasteiger partial charge in [0.1, 0.15) is 17.8 Å². The van der Waals surface area contributed by atoms with Crippen molar-refractivity contribution in [2.75, 3.05) is 5.32 Å². The topological polar surface area (TPSA) is 134 Å². The van der Waals surface area contributed by atoms with E-state index in [4.69, 9.17) is 15.9 Å². The van der Waals surface area contributed by atoms with Crippen molar-refractivity contribution in [3.8, 4) is 0 Å². The highest BCUT2D eigenvalue weighted by Crippen LogP contribution is 2.30. The number of amides is 2. The van der Waals surface area contributed by atoms with Gasteiger partial charge in [0.25, 0.3) is 0 Å². The molecule has 1 heterocycles. The fourth-order valence-electron chi connectivity index (χ4n) is 3.10. The van der Waals surface area contributed by atoms with Gasteiger partial charge >= 0.3 is 5.97 Å². The fraction of sp³-hybridized carbons (Fsp3) is 0.238. The molecule has 9 heteroatoms. The number of nitrogens with one attached hydrogen (secondary N) is 3. The van der Waals surface area contributed by atoms with Crippen LogP contribution in [0.1, 0.15) is 36.5 Å². The van der Waals surface area contributed by atoms with Gasteiger partial charge in [-0.1, -0.05) is 12.1 Å². The largest absolute Gasteiger partial charge is 0.455 e. The van der Waals surface area contributed by atoms with E-state index in [-0.39, 0.29) is 31.0 Å². The van der Waals surface area contributed by atoms with Crippen LogP contribution in [-0.2, 0) is 19.1 Å². The molecule has 0 saturated carbocycles. The number of amidine groups is 1. The highest BCUT2D eigenvalue weighted by molar-refractivity contribution is 5.96. The number of ether oxygens (including phenoxy) is 1. The van der Waals surface area contributed by atoms with Gasteiger partial charge in [-0.05, 0) is 42.0 Å². The second-order valence-electron chi connectivity index (χ2n) is 6.88. The SMILES string of the molecule is N=C(N)c1ccc(NC(=O)CCC(=O)N[C@H]2CC(=O)O[C@H]2c2ccc(F)cc2)cc1. The summed E-state index contributed by atoms with van der Waals surface area (Å²) in [5.74, 6) is -1.69. The van der Waals surface area contributed by atoms with Crippen molar-refractivity contribution in [1.29, 1.82) is 5.41 Å². The van der Waals surface area contributed by atoms with Gasteiger partial charge < -0.3 is 21.1 Å². The van der Waals surface area contributed by atoms with Gasteiger partial charge in [-0.2, -0.15) is 0 Å². The molecule has 0 aliphatic carbocycles. The lowest BCUT2D eigenvalue weighted by atomic mass is 10.0. The molecule has 3 rings (SSSR count). The van der Waals surface area contributed by atoms with Crippen LogP contribution in [0.2, 0.25) is 0 Å². The number of nitrogens with two attached hydrogens (primary N) is 1. The Balaban J connectivity index is 1.50. The fourth-order valence-corrected chi connectivity index (χ4v) is 3.10. The summed E-state index contributed by atoms with van der Waals surface area (Å²) >= 11 is 0. The van der Waals surface area contributed by atoms with Crippen LogP contribution >= 0.6 is 0 Å². The Labute approximate surface area is 172 Å². The molecule has 1 fully saturated rings. The molecule has 5 N–H and O–H groups in total. The molecule has 2 atom stereocenters. The average molecular weight is 412 g/mol. The number of hydrogen-bond donors (Lipinski definition) is 4. The molecule has 0 aromatic heterocycles. The first-order chi connectivity index (χ1) is 14.3. The van der Waals surface area contributed by atoms with E-state index in [1.165, 1.54) is 24.3 Å². The summed E-state index contributed by atoms with van der Waals surface area (Å²) in [7, 11) is 0. The van der Waals surface area contributed by atoms with Crippen LogP contribution < -0.4 is 16.4 Å². The first kappa shape index (κ1) is 21.0. The van der Waals surface area contributed by atoms with Crippen molar-refractivity contribution in [2.45, 2.75) is 31.4 Å². The lowest BCUT2D eigenvalue weighted by Gasteiger charge is -2.19. The average Bonchev–Trinajstić information content (AvgIpc) is 3.07. The van der Waals surface area contributed by atoms with Crippen LogP contribution in [0.25, 0.3) is 0 Å². The number of carbonyl (C=O) groups is 3. The molecule has 8 nitrogen and oxygen atoms in total. The van der Waals surface area contributed by atoms with E-state index >= 15 is 0 Å². The zero-order valence-corrected chi connectivity index (χ0v) is 16.0. The Morgan fingerprint density at radius 3 is 2.33 bits per heavy atom. The first-order valence-corrected chi connectivity index (χ1v) is 9.30. The minimum Gasteiger partial charge on any atom is -0.455 e. The van der Waals surface area contributed by atoms with E-state index in [9.17, 15) is 18.8 Å². The number of nitrogen functional groups attached to an aromatic ring is 1. The number of benzene rings is 2. The number of anilines is 1. The van der Waals surface area contributed by atoms with Gasteiger partial charge in [0.05, 0.1) is 12.5 Å². The maximum Gasteiger partial charge on any atom is 0.308 e. The molecule has 0 bridgehead atoms. The summed E-state index contributed by atoms with van der Waals surface area (Å²) in [6, 6.07) is 11.4. The van der Waals surface area contributed by atoms with E-state index in [2.05, 4.69) is 10.6 Å². The predicted octanol–water partition coefficient (Wildman–Crippen LogP) is 2.00. The molecule has 1 aliphatic heterocycles. The lowest BCUT2D eigenvalue weighted by Crippen LogP contribution is -2.37. The summed E-state index contributed by atoms with van der Waals surface area (Å²) in [4.78, 5) is 36.0. The van der Waals surface area contributed by atoms with Crippen molar-refractivity contribution in [2.24, 2.45) is 5.73 Å². The van der Waals surface area contributed by atoms with E-state index in [0.29, 0.717) is 16.8 Å². The van der Waals surface area contributed by atoms with Gasteiger partial charge in [-0.3, -0.25) is 19.8 Å². The highest BCUT2D eigenvalue weighted by Gasteiger charge is 2.36. The third-order valence-corrected chi connectivity index (χ3v) is 4.61. The number of cyclic esters (lactones) is 1. The summed E-state index contributed by atoms with van der Waals surface area (Å²) in [5.41, 5.74) is 7.03. The Hall–Kier alpha value is -3.75. The molecule has 0 radical (unpaired) electrons. The predicted molar refractivity (Wildman–Crippen MR) is 107 cm³/mol. The second kappa shape index (κ2) is 9.17. The van der Waals surface area contributed by atoms with Crippen molar-refractivity contribution in [3.05, 3.63) is 65.5 Å². The van der Waals surface area contributed by atoms with Crippen LogP contribution in [0.4, 0.5) is 10.1 Å². The molecule has 1 aliphatic rings. The maximum absolute atomic E-state index is 13.1. The van der Waals surface area contributed by atoms with Crippen LogP contribution in [0, 0.1) is 11.2 Å². The Kier molecular flexibility index (Phi) is 6.41. The molecule has 2 aromatic rings. The summed E-state index contributed by atoms with van der Waals surface area (Å²) in [6.07, 6.45) is -0.820. The van der Waals surface area contributed by atoms with E-state index < -0.39 is 29.8 Å². The summed E-state index contributed by atoms with van der Waals surface area (Å²) in [5, 5.41) is 12.7. The van der Waals surface area contributed by atoms with Crippen molar-refractivity contribution < 1.29 is 23.5 Å². The Morgan fingerprint density at radius 1 is 1.07 bits per heavy atom. The molecule has 30 heavy (non-hydrogen) atoms. The third kappa shape index (κ3) is 5.40. The van der Waals surface area contributed by atoms with Gasteiger partial charge in [-0.15, -0.1) is 0 Å². The van der Waals surface area contributed by atoms with Crippen LogP contribution in [0.5, 0.6) is 0 Å². The number of hydrogen-bond acceptors (Lipinski definition) is 5. The standard InChI is InChI=1S/C21H21FN4O4/c22-14-5-1-12(2-6-14)20-16(11-19(29)30-20)26-18(28)10-9-17(27)25-15-7-3-13(4-8-15)21(23)24/h1-8,16,20H,9-11H2,(H3,23,24)(H,25,27)(H,26,28)/t16-,20-/m0/s1. The zero-order valence-electron chi connectivity index (χ0n) is 16.0. The minimum absolute atomic E-state index is 0.00246. The van der Waals surface area contributed by atoms with Crippen LogP contribution in [0.15, 0.2) is 48.5 Å². The van der Waals surface area contributed by atoms with Crippen molar-refractivity contribution in [1.82, 2.24) is 5.32 Å². The van der Waals surface area contributed by atoms with E-state index in [1.54, 1.807) is 24.3 Å². The second-order valence-corrected chi connectivity index (χ2v) is 6.88. The van der Waals surface area contributed by atoms with E-state index in [1.807, 2.05) is 0 Å². The monoisotopic (exact) mass is 412 g/mol. The number of carbonyl (C=O) groups excluding carboxylic acids is 3. The van der Waals surface area contributed by atoms with Crippen molar-refractivity contribution in [3.63, 3.8) is 0 Å². The number of halogens is 1. The molecular formula is C21H21FN4O4. The molecule has 0 unspecified atom stereocenters. The Bertz CT molecular complexity index is 960. The van der Waals surface area contributed by atoms with Gasteiger partial charge in [0.2, 0.25) is 11.8 Å². The molecular weight excluding hydrogens is 391 g/mol.